The van der Waals surface area contributed by atoms with Crippen LogP contribution in [0.5, 0.6) is 0 Å². The molecule has 1 atom stereocenters. The zero-order chi connectivity index (χ0) is 19.6. The minimum atomic E-state index is 0. The Kier molecular flexibility index (Phi) is 12.4. The van der Waals surface area contributed by atoms with Crippen molar-refractivity contribution in [2.75, 3.05) is 46.3 Å². The number of carbonyl (C=O) groups excluding carboxylic acids is 1. The third kappa shape index (κ3) is 8.05. The van der Waals surface area contributed by atoms with Gasteiger partial charge in [-0.15, -0.1) is 24.0 Å². The highest BCUT2D eigenvalue weighted by atomic mass is 127. The molecule has 2 aliphatic rings. The SMILES string of the molecule is CCNC(=NCC1CCCN(C)C1)NC1CCN(C(=O)C(CC)CC)CC1.I. The fourth-order valence-electron chi connectivity index (χ4n) is 4.30. The Morgan fingerprint density at radius 2 is 1.79 bits per heavy atom. The molecular formula is C21H42IN5O. The van der Waals surface area contributed by atoms with Crippen LogP contribution in [0.1, 0.15) is 59.3 Å². The number of nitrogens with zero attached hydrogens (tertiary/aromatic N) is 3. The van der Waals surface area contributed by atoms with Crippen molar-refractivity contribution >= 4 is 35.8 Å². The highest BCUT2D eigenvalue weighted by molar-refractivity contribution is 14.0. The van der Waals surface area contributed by atoms with Gasteiger partial charge in [-0.05, 0) is 65.0 Å². The Bertz CT molecular complexity index is 475. The van der Waals surface area contributed by atoms with Gasteiger partial charge in [0.25, 0.3) is 0 Å². The monoisotopic (exact) mass is 507 g/mol. The molecule has 0 bridgehead atoms. The zero-order valence-electron chi connectivity index (χ0n) is 18.4. The van der Waals surface area contributed by atoms with E-state index in [1.807, 2.05) is 0 Å². The summed E-state index contributed by atoms with van der Waals surface area (Å²) in [5.74, 6) is 2.15. The van der Waals surface area contributed by atoms with Crippen molar-refractivity contribution in [2.24, 2.45) is 16.8 Å². The summed E-state index contributed by atoms with van der Waals surface area (Å²) < 4.78 is 0. The molecule has 1 amide bonds. The maximum atomic E-state index is 12.6. The molecule has 0 saturated carbocycles. The molecular weight excluding hydrogens is 465 g/mol. The van der Waals surface area contributed by atoms with Crippen LogP contribution in [0, 0.1) is 11.8 Å². The van der Waals surface area contributed by atoms with Crippen molar-refractivity contribution in [3.63, 3.8) is 0 Å². The van der Waals surface area contributed by atoms with Crippen LogP contribution in [0.3, 0.4) is 0 Å². The van der Waals surface area contributed by atoms with E-state index in [4.69, 9.17) is 4.99 Å². The minimum Gasteiger partial charge on any atom is -0.357 e. The van der Waals surface area contributed by atoms with Crippen LogP contribution >= 0.6 is 24.0 Å². The average Bonchev–Trinajstić information content (AvgIpc) is 2.68. The molecule has 28 heavy (non-hydrogen) atoms. The number of halogens is 1. The van der Waals surface area contributed by atoms with E-state index in [1.165, 1.54) is 19.4 Å². The first-order valence-electron chi connectivity index (χ1n) is 11.1. The van der Waals surface area contributed by atoms with Crippen molar-refractivity contribution in [1.82, 2.24) is 20.4 Å². The van der Waals surface area contributed by atoms with Crippen LogP contribution in [0.25, 0.3) is 0 Å². The van der Waals surface area contributed by atoms with Gasteiger partial charge in [-0.2, -0.15) is 0 Å². The molecule has 6 nitrogen and oxygen atoms in total. The molecule has 2 N–H and O–H groups in total. The summed E-state index contributed by atoms with van der Waals surface area (Å²) in [4.78, 5) is 21.9. The lowest BCUT2D eigenvalue weighted by Gasteiger charge is -2.35. The topological polar surface area (TPSA) is 60.0 Å². The number of carbonyl (C=O) groups is 1. The van der Waals surface area contributed by atoms with Gasteiger partial charge in [0.2, 0.25) is 5.91 Å². The van der Waals surface area contributed by atoms with Gasteiger partial charge in [-0.1, -0.05) is 13.8 Å². The fourth-order valence-corrected chi connectivity index (χ4v) is 4.30. The van der Waals surface area contributed by atoms with Gasteiger partial charge in [-0.3, -0.25) is 9.79 Å². The number of rotatable bonds is 7. The van der Waals surface area contributed by atoms with Crippen LogP contribution in [-0.4, -0.2) is 74.0 Å². The van der Waals surface area contributed by atoms with Crippen LogP contribution < -0.4 is 10.6 Å². The zero-order valence-corrected chi connectivity index (χ0v) is 20.7. The summed E-state index contributed by atoms with van der Waals surface area (Å²) >= 11 is 0. The Balaban J connectivity index is 0.00000392. The minimum absolute atomic E-state index is 0. The second-order valence-corrected chi connectivity index (χ2v) is 8.25. The lowest BCUT2D eigenvalue weighted by molar-refractivity contribution is -0.136. The Hall–Kier alpha value is -0.570. The third-order valence-electron chi connectivity index (χ3n) is 6.06. The van der Waals surface area contributed by atoms with Crippen LogP contribution in [0.4, 0.5) is 0 Å². The van der Waals surface area contributed by atoms with Gasteiger partial charge >= 0.3 is 0 Å². The number of hydrogen-bond acceptors (Lipinski definition) is 3. The molecule has 2 aliphatic heterocycles. The number of amides is 1. The first-order chi connectivity index (χ1) is 13.1. The molecule has 164 valence electrons. The predicted molar refractivity (Wildman–Crippen MR) is 128 cm³/mol. The molecule has 0 aromatic rings. The van der Waals surface area contributed by atoms with Crippen molar-refractivity contribution in [3.8, 4) is 0 Å². The fraction of sp³-hybridized carbons (Fsp3) is 0.905. The molecule has 2 rings (SSSR count). The van der Waals surface area contributed by atoms with Gasteiger partial charge < -0.3 is 20.4 Å². The number of hydrogen-bond donors (Lipinski definition) is 2. The van der Waals surface area contributed by atoms with E-state index in [9.17, 15) is 4.79 Å². The summed E-state index contributed by atoms with van der Waals surface area (Å²) in [7, 11) is 2.20. The van der Waals surface area contributed by atoms with E-state index in [1.54, 1.807) is 0 Å². The molecule has 0 radical (unpaired) electrons. The second-order valence-electron chi connectivity index (χ2n) is 8.25. The highest BCUT2D eigenvalue weighted by Crippen LogP contribution is 2.18. The summed E-state index contributed by atoms with van der Waals surface area (Å²) in [6.07, 6.45) is 6.46. The van der Waals surface area contributed by atoms with Crippen LogP contribution in [0.15, 0.2) is 4.99 Å². The van der Waals surface area contributed by atoms with Crippen molar-refractivity contribution in [2.45, 2.75) is 65.3 Å². The standard InChI is InChI=1S/C21H41N5O.HI/c1-5-18(6-2)20(27)26-13-10-19(11-14-26)24-21(22-7-3)23-15-17-9-8-12-25(4)16-17;/h17-19H,5-16H2,1-4H3,(H2,22,23,24);1H. The van der Waals surface area contributed by atoms with E-state index in [0.717, 1.165) is 64.4 Å². The van der Waals surface area contributed by atoms with E-state index in [2.05, 4.69) is 48.3 Å². The first-order valence-corrected chi connectivity index (χ1v) is 11.1. The summed E-state index contributed by atoms with van der Waals surface area (Å²) in [6, 6.07) is 0.405. The average molecular weight is 508 g/mol. The molecule has 0 spiro atoms. The Labute approximate surface area is 189 Å². The van der Waals surface area contributed by atoms with E-state index < -0.39 is 0 Å². The maximum absolute atomic E-state index is 12.6. The molecule has 2 saturated heterocycles. The molecule has 1 unspecified atom stereocenters. The van der Waals surface area contributed by atoms with Crippen LogP contribution in [-0.2, 0) is 4.79 Å². The molecule has 0 aromatic heterocycles. The molecule has 2 heterocycles. The third-order valence-corrected chi connectivity index (χ3v) is 6.06. The lowest BCUT2D eigenvalue weighted by atomic mass is 9.98. The van der Waals surface area contributed by atoms with Crippen molar-refractivity contribution < 1.29 is 4.79 Å². The van der Waals surface area contributed by atoms with Gasteiger partial charge in [-0.25, -0.2) is 0 Å². The quantitative estimate of drug-likeness (QED) is 0.316. The number of piperidine rings is 2. The maximum Gasteiger partial charge on any atom is 0.225 e. The number of guanidine groups is 1. The normalized spacial score (nSPS) is 22.1. The summed E-state index contributed by atoms with van der Waals surface area (Å²) in [6.45, 7) is 12.2. The molecule has 2 fully saturated rings. The summed E-state index contributed by atoms with van der Waals surface area (Å²) in [5.41, 5.74) is 0. The van der Waals surface area contributed by atoms with E-state index in [0.29, 0.717) is 17.9 Å². The van der Waals surface area contributed by atoms with Crippen molar-refractivity contribution in [3.05, 3.63) is 0 Å². The Morgan fingerprint density at radius 3 is 2.36 bits per heavy atom. The molecule has 7 heteroatoms. The Morgan fingerprint density at radius 1 is 1.11 bits per heavy atom. The smallest absolute Gasteiger partial charge is 0.225 e. The lowest BCUT2D eigenvalue weighted by Crippen LogP contribution is -2.50. The molecule has 0 aromatic carbocycles. The van der Waals surface area contributed by atoms with Crippen LogP contribution in [0.2, 0.25) is 0 Å². The van der Waals surface area contributed by atoms with E-state index >= 15 is 0 Å². The predicted octanol–water partition coefficient (Wildman–Crippen LogP) is 2.93. The molecule has 0 aliphatic carbocycles. The second kappa shape index (κ2) is 13.6. The summed E-state index contributed by atoms with van der Waals surface area (Å²) in [5, 5.41) is 7.01. The van der Waals surface area contributed by atoms with Gasteiger partial charge in [0.1, 0.15) is 0 Å². The number of aliphatic imine (C=N–C) groups is 1. The van der Waals surface area contributed by atoms with E-state index in [-0.39, 0.29) is 29.9 Å². The van der Waals surface area contributed by atoms with Crippen molar-refractivity contribution in [1.29, 1.82) is 0 Å². The first kappa shape index (κ1) is 25.5. The number of nitrogens with one attached hydrogen (secondary N) is 2. The van der Waals surface area contributed by atoms with Gasteiger partial charge in [0.15, 0.2) is 5.96 Å². The number of likely N-dealkylation sites (tertiary alicyclic amines) is 2. The largest absolute Gasteiger partial charge is 0.357 e. The highest BCUT2D eigenvalue weighted by Gasteiger charge is 2.27. The van der Waals surface area contributed by atoms with Gasteiger partial charge in [0.05, 0.1) is 0 Å². The van der Waals surface area contributed by atoms with Gasteiger partial charge in [0, 0.05) is 44.7 Å².